The molecule has 0 amide bonds. The van der Waals surface area contributed by atoms with Crippen LogP contribution in [0.15, 0.2) is 9.40 Å². The lowest BCUT2D eigenvalue weighted by Crippen LogP contribution is -2.32. The third-order valence-electron chi connectivity index (χ3n) is 1.13. The van der Waals surface area contributed by atoms with E-state index in [0.29, 0.717) is 0 Å². The summed E-state index contributed by atoms with van der Waals surface area (Å²) in [6.07, 6.45) is 0. The lowest BCUT2D eigenvalue weighted by molar-refractivity contribution is -0.137. The van der Waals surface area contributed by atoms with Crippen LogP contribution >= 0.6 is 69.8 Å². The summed E-state index contributed by atoms with van der Waals surface area (Å²) in [4.78, 5) is 10.4. The van der Waals surface area contributed by atoms with E-state index in [1.807, 2.05) is 0 Å². The molecule has 0 aromatic carbocycles. The first-order valence-electron chi connectivity index (χ1n) is 3.40. The van der Waals surface area contributed by atoms with Crippen LogP contribution in [0.25, 0.3) is 0 Å². The molecule has 15 heavy (non-hydrogen) atoms. The van der Waals surface area contributed by atoms with Crippen LogP contribution in [0.5, 0.6) is 0 Å². The van der Waals surface area contributed by atoms with E-state index < -0.39 is 15.8 Å². The summed E-state index contributed by atoms with van der Waals surface area (Å²) in [5, 5.41) is 8.30. The molecule has 3 nitrogen and oxygen atoms in total. The summed E-state index contributed by atoms with van der Waals surface area (Å²) < 4.78 is -1.81. The third-order valence-corrected chi connectivity index (χ3v) is 4.17. The molecule has 88 valence electrons. The number of aliphatic carboxylic acids is 1. The highest BCUT2D eigenvalue weighted by Gasteiger charge is 2.28. The van der Waals surface area contributed by atoms with Gasteiger partial charge in [-0.3, -0.25) is 4.79 Å². The molecule has 0 heterocycles. The molecule has 3 N–H and O–H groups in total. The highest BCUT2D eigenvalue weighted by molar-refractivity contribution is 8.04. The van der Waals surface area contributed by atoms with Gasteiger partial charge in [-0.2, -0.15) is 0 Å². The predicted molar refractivity (Wildman–Crippen MR) is 67.1 cm³/mol. The zero-order chi connectivity index (χ0) is 12.2. The Morgan fingerprint density at radius 3 is 2.20 bits per heavy atom. The van der Waals surface area contributed by atoms with Crippen molar-refractivity contribution in [3.8, 4) is 0 Å². The Balaban J connectivity index is 4.37. The van der Waals surface area contributed by atoms with E-state index in [1.165, 1.54) is 0 Å². The molecular formula is C6H6Cl5NO2S. The van der Waals surface area contributed by atoms with Gasteiger partial charge in [0.25, 0.3) is 0 Å². The van der Waals surface area contributed by atoms with E-state index >= 15 is 0 Å². The Labute approximate surface area is 116 Å². The van der Waals surface area contributed by atoms with Gasteiger partial charge >= 0.3 is 5.97 Å². The maximum absolute atomic E-state index is 10.4. The van der Waals surface area contributed by atoms with Gasteiger partial charge in [-0.1, -0.05) is 58.0 Å². The van der Waals surface area contributed by atoms with Gasteiger partial charge in [0.15, 0.2) is 0 Å². The quantitative estimate of drug-likeness (QED) is 0.776. The fourth-order valence-corrected chi connectivity index (χ4v) is 2.25. The van der Waals surface area contributed by atoms with Crippen LogP contribution in [0.4, 0.5) is 0 Å². The number of thioether (sulfide) groups is 1. The molecule has 0 aliphatic heterocycles. The molecule has 0 aromatic rings. The zero-order valence-electron chi connectivity index (χ0n) is 7.02. The van der Waals surface area contributed by atoms with Crippen molar-refractivity contribution in [2.24, 2.45) is 5.73 Å². The smallest absolute Gasteiger partial charge is 0.321 e. The molecule has 0 aliphatic carbocycles. The fourth-order valence-electron chi connectivity index (χ4n) is 0.409. The van der Waals surface area contributed by atoms with Crippen molar-refractivity contribution >= 4 is 75.7 Å². The van der Waals surface area contributed by atoms with Gasteiger partial charge in [0, 0.05) is 5.75 Å². The van der Waals surface area contributed by atoms with Gasteiger partial charge in [-0.15, -0.1) is 11.8 Å². The van der Waals surface area contributed by atoms with Crippen molar-refractivity contribution in [2.75, 3.05) is 5.75 Å². The van der Waals surface area contributed by atoms with E-state index in [1.54, 1.807) is 0 Å². The monoisotopic (exact) mass is 331 g/mol. The lowest BCUT2D eigenvalue weighted by Gasteiger charge is -2.12. The summed E-state index contributed by atoms with van der Waals surface area (Å²) in [7, 11) is 0. The maximum atomic E-state index is 10.4. The molecule has 0 aromatic heterocycles. The second-order valence-corrected chi connectivity index (χ2v) is 6.63. The normalized spacial score (nSPS) is 15.9. The first kappa shape index (κ1) is 16.0. The molecule has 0 rings (SSSR count). The zero-order valence-corrected chi connectivity index (χ0v) is 11.6. The van der Waals surface area contributed by atoms with Crippen LogP contribution < -0.4 is 5.73 Å². The predicted octanol–water partition coefficient (Wildman–Crippen LogP) is 3.15. The summed E-state index contributed by atoms with van der Waals surface area (Å²) in [5.74, 6) is -1.11. The standard InChI is InChI=1S/C6H6Cl5NO2S/c7-3(6(9,10)11)4(8)15-1-2(12)5(13)14/h2H,1,12H2,(H,13,14)/t2-/m0/s1. The number of carbonyl (C=O) groups is 1. The highest BCUT2D eigenvalue weighted by atomic mass is 35.6. The van der Waals surface area contributed by atoms with Gasteiger partial charge in [-0.05, 0) is 0 Å². The molecular weight excluding hydrogens is 327 g/mol. The number of carboxylic acid groups (broad SMARTS) is 1. The molecule has 0 radical (unpaired) electrons. The lowest BCUT2D eigenvalue weighted by atomic mass is 10.4. The molecule has 0 aliphatic rings. The number of hydrogen-bond donors (Lipinski definition) is 2. The molecule has 1 atom stereocenters. The van der Waals surface area contributed by atoms with E-state index in [9.17, 15) is 4.79 Å². The van der Waals surface area contributed by atoms with Gasteiger partial charge in [-0.25, -0.2) is 0 Å². The van der Waals surface area contributed by atoms with Crippen molar-refractivity contribution in [1.29, 1.82) is 0 Å². The Kier molecular flexibility index (Phi) is 7.07. The first-order valence-corrected chi connectivity index (χ1v) is 6.27. The molecule has 0 unspecified atom stereocenters. The summed E-state index contributed by atoms with van der Waals surface area (Å²) in [5.41, 5.74) is 5.23. The second kappa shape index (κ2) is 6.64. The van der Waals surface area contributed by atoms with Gasteiger partial charge in [0.05, 0.1) is 9.40 Å². The van der Waals surface area contributed by atoms with Crippen molar-refractivity contribution in [1.82, 2.24) is 0 Å². The van der Waals surface area contributed by atoms with Crippen molar-refractivity contribution in [3.05, 3.63) is 9.40 Å². The highest BCUT2D eigenvalue weighted by Crippen LogP contribution is 2.42. The number of alkyl halides is 3. The Morgan fingerprint density at radius 2 is 1.87 bits per heavy atom. The van der Waals surface area contributed by atoms with Crippen molar-refractivity contribution in [2.45, 2.75) is 9.83 Å². The number of allylic oxidation sites excluding steroid dienone is 1. The SMILES string of the molecule is N[C@@H](CSC(Cl)=C(Cl)C(Cl)(Cl)Cl)C(=O)O. The molecule has 0 bridgehead atoms. The summed E-state index contributed by atoms with van der Waals surface area (Å²) in [6, 6.07) is -1.05. The Bertz CT molecular complexity index is 277. The minimum absolute atomic E-state index is 0.00775. The van der Waals surface area contributed by atoms with Crippen LogP contribution in [-0.2, 0) is 4.79 Å². The number of carboxylic acids is 1. The van der Waals surface area contributed by atoms with Crippen molar-refractivity contribution in [3.63, 3.8) is 0 Å². The van der Waals surface area contributed by atoms with Crippen molar-refractivity contribution < 1.29 is 9.90 Å². The van der Waals surface area contributed by atoms with Gasteiger partial charge in [0.2, 0.25) is 3.79 Å². The van der Waals surface area contributed by atoms with E-state index in [-0.39, 0.29) is 15.1 Å². The minimum atomic E-state index is -1.82. The van der Waals surface area contributed by atoms with Crippen LogP contribution in [0, 0.1) is 0 Å². The first-order chi connectivity index (χ1) is 6.66. The average Bonchev–Trinajstić information content (AvgIpc) is 2.10. The Hall–Kier alpha value is 0.970. The molecule has 0 saturated heterocycles. The number of rotatable bonds is 4. The number of halogens is 5. The molecule has 0 fully saturated rings. The topological polar surface area (TPSA) is 63.3 Å². The maximum Gasteiger partial charge on any atom is 0.321 e. The summed E-state index contributed by atoms with van der Waals surface area (Å²) >= 11 is 28.5. The number of hydrogen-bond acceptors (Lipinski definition) is 3. The van der Waals surface area contributed by atoms with Crippen LogP contribution in [0.2, 0.25) is 0 Å². The van der Waals surface area contributed by atoms with E-state index in [4.69, 9.17) is 68.8 Å². The van der Waals surface area contributed by atoms with E-state index in [2.05, 4.69) is 0 Å². The molecule has 9 heteroatoms. The second-order valence-electron chi connectivity index (χ2n) is 2.34. The largest absolute Gasteiger partial charge is 0.480 e. The van der Waals surface area contributed by atoms with Gasteiger partial charge in [0.1, 0.15) is 6.04 Å². The van der Waals surface area contributed by atoms with E-state index in [0.717, 1.165) is 11.8 Å². The van der Waals surface area contributed by atoms with Gasteiger partial charge < -0.3 is 10.8 Å². The molecule has 0 saturated carbocycles. The molecule has 0 spiro atoms. The number of nitrogens with two attached hydrogens (primary N) is 1. The third kappa shape index (κ3) is 6.31. The average molecular weight is 333 g/mol. The minimum Gasteiger partial charge on any atom is -0.480 e. The summed E-state index contributed by atoms with van der Waals surface area (Å²) in [6.45, 7) is 0. The Morgan fingerprint density at radius 1 is 1.40 bits per heavy atom. The van der Waals surface area contributed by atoms with Crippen LogP contribution in [0.3, 0.4) is 0 Å². The van der Waals surface area contributed by atoms with Crippen LogP contribution in [-0.4, -0.2) is 26.7 Å². The fraction of sp³-hybridized carbons (Fsp3) is 0.500. The van der Waals surface area contributed by atoms with Crippen LogP contribution in [0.1, 0.15) is 0 Å².